The number of hydrogen-bond acceptors (Lipinski definition) is 4. The van der Waals surface area contributed by atoms with E-state index in [0.717, 1.165) is 6.54 Å². The average molecular weight is 322 g/mol. The fourth-order valence-electron chi connectivity index (χ4n) is 2.85. The van der Waals surface area contributed by atoms with E-state index in [2.05, 4.69) is 66.2 Å². The van der Waals surface area contributed by atoms with Gasteiger partial charge in [-0.3, -0.25) is 9.80 Å². The van der Waals surface area contributed by atoms with Crippen LogP contribution in [0, 0.1) is 0 Å². The van der Waals surface area contributed by atoms with Gasteiger partial charge < -0.3 is 4.90 Å². The van der Waals surface area contributed by atoms with E-state index in [4.69, 9.17) is 0 Å². The smallest absolute Gasteiger partial charge is 0.0313 e. The van der Waals surface area contributed by atoms with Crippen LogP contribution in [0.2, 0.25) is 0 Å². The van der Waals surface area contributed by atoms with Crippen LogP contribution in [0.25, 0.3) is 0 Å². The van der Waals surface area contributed by atoms with Crippen molar-refractivity contribution in [2.75, 3.05) is 58.8 Å². The molecule has 1 aliphatic rings. The Balaban J connectivity index is 1.80. The first-order chi connectivity index (χ1) is 10.6. The predicted molar refractivity (Wildman–Crippen MR) is 98.6 cm³/mol. The summed E-state index contributed by atoms with van der Waals surface area (Å²) in [5, 5.41) is 0. The molecule has 0 saturated carbocycles. The standard InChI is InChI=1S/C18H31N3S/c1-16(19(2)3)18-7-5-17(6-8-18)15-21-11-9-20(10-12-21)13-14-22-4/h5-8,16H,9-15H2,1-4H3. The molecule has 1 aromatic carbocycles. The van der Waals surface area contributed by atoms with Crippen molar-refractivity contribution >= 4 is 11.8 Å². The minimum atomic E-state index is 0.481. The fourth-order valence-corrected chi connectivity index (χ4v) is 3.29. The molecular formula is C18H31N3S. The summed E-state index contributed by atoms with van der Waals surface area (Å²) in [5.74, 6) is 1.26. The lowest BCUT2D eigenvalue weighted by molar-refractivity contribution is 0.133. The van der Waals surface area contributed by atoms with Crippen molar-refractivity contribution in [3.05, 3.63) is 35.4 Å². The van der Waals surface area contributed by atoms with E-state index in [0.29, 0.717) is 6.04 Å². The summed E-state index contributed by atoms with van der Waals surface area (Å²) < 4.78 is 0. The molecule has 124 valence electrons. The molecule has 3 nitrogen and oxygen atoms in total. The van der Waals surface area contributed by atoms with Crippen molar-refractivity contribution in [3.63, 3.8) is 0 Å². The maximum absolute atomic E-state index is 2.59. The normalized spacial score (nSPS) is 18.8. The number of benzene rings is 1. The van der Waals surface area contributed by atoms with Gasteiger partial charge in [0.25, 0.3) is 0 Å². The summed E-state index contributed by atoms with van der Waals surface area (Å²) in [6.45, 7) is 9.42. The third kappa shape index (κ3) is 5.27. The van der Waals surface area contributed by atoms with Crippen LogP contribution in [-0.4, -0.2) is 73.5 Å². The van der Waals surface area contributed by atoms with Crippen LogP contribution in [0.15, 0.2) is 24.3 Å². The molecule has 4 heteroatoms. The molecule has 1 heterocycles. The van der Waals surface area contributed by atoms with E-state index in [1.165, 1.54) is 49.6 Å². The van der Waals surface area contributed by atoms with E-state index in [-0.39, 0.29) is 0 Å². The molecule has 1 atom stereocenters. The lowest BCUT2D eigenvalue weighted by atomic mass is 10.1. The van der Waals surface area contributed by atoms with E-state index in [1.807, 2.05) is 11.8 Å². The molecule has 1 saturated heterocycles. The maximum Gasteiger partial charge on any atom is 0.0313 e. The van der Waals surface area contributed by atoms with Gasteiger partial charge in [0.2, 0.25) is 0 Å². The van der Waals surface area contributed by atoms with E-state index in [9.17, 15) is 0 Å². The fraction of sp³-hybridized carbons (Fsp3) is 0.667. The predicted octanol–water partition coefficient (Wildman–Crippen LogP) is 2.79. The highest BCUT2D eigenvalue weighted by atomic mass is 32.2. The molecule has 0 aliphatic carbocycles. The first-order valence-electron chi connectivity index (χ1n) is 8.29. The Morgan fingerprint density at radius 3 is 2.18 bits per heavy atom. The molecule has 1 aromatic rings. The van der Waals surface area contributed by atoms with Crippen molar-refractivity contribution in [1.82, 2.24) is 14.7 Å². The Hall–Kier alpha value is -0.550. The Labute approximate surface area is 140 Å². The van der Waals surface area contributed by atoms with Crippen molar-refractivity contribution in [3.8, 4) is 0 Å². The minimum Gasteiger partial charge on any atom is -0.303 e. The zero-order valence-electron chi connectivity index (χ0n) is 14.6. The van der Waals surface area contributed by atoms with Crippen molar-refractivity contribution in [2.24, 2.45) is 0 Å². The molecule has 0 amide bonds. The topological polar surface area (TPSA) is 9.72 Å². The van der Waals surface area contributed by atoms with Crippen LogP contribution in [-0.2, 0) is 6.54 Å². The van der Waals surface area contributed by atoms with Crippen molar-refractivity contribution in [2.45, 2.75) is 19.5 Å². The molecule has 22 heavy (non-hydrogen) atoms. The number of nitrogens with zero attached hydrogens (tertiary/aromatic N) is 3. The van der Waals surface area contributed by atoms with Gasteiger partial charge in [0, 0.05) is 51.1 Å². The Kier molecular flexibility index (Phi) is 7.22. The highest BCUT2D eigenvalue weighted by Gasteiger charge is 2.16. The summed E-state index contributed by atoms with van der Waals surface area (Å²) in [5.41, 5.74) is 2.84. The van der Waals surface area contributed by atoms with Crippen LogP contribution in [0.1, 0.15) is 24.1 Å². The highest BCUT2D eigenvalue weighted by molar-refractivity contribution is 7.98. The molecule has 1 aliphatic heterocycles. The van der Waals surface area contributed by atoms with Crippen molar-refractivity contribution in [1.29, 1.82) is 0 Å². The quantitative estimate of drug-likeness (QED) is 0.763. The lowest BCUT2D eigenvalue weighted by Crippen LogP contribution is -2.46. The van der Waals surface area contributed by atoms with Gasteiger partial charge in [0.05, 0.1) is 0 Å². The molecule has 1 fully saturated rings. The van der Waals surface area contributed by atoms with Crippen LogP contribution in [0.3, 0.4) is 0 Å². The molecule has 0 N–H and O–H groups in total. The molecule has 0 bridgehead atoms. The maximum atomic E-state index is 2.59. The summed E-state index contributed by atoms with van der Waals surface area (Å²) in [7, 11) is 4.27. The monoisotopic (exact) mass is 321 g/mol. The molecule has 0 aromatic heterocycles. The van der Waals surface area contributed by atoms with Gasteiger partial charge in [0.15, 0.2) is 0 Å². The van der Waals surface area contributed by atoms with Gasteiger partial charge >= 0.3 is 0 Å². The van der Waals surface area contributed by atoms with E-state index in [1.54, 1.807) is 0 Å². The molecular weight excluding hydrogens is 290 g/mol. The van der Waals surface area contributed by atoms with Crippen LogP contribution < -0.4 is 0 Å². The first-order valence-corrected chi connectivity index (χ1v) is 9.68. The second-order valence-electron chi connectivity index (χ2n) is 6.49. The number of rotatable bonds is 7. The summed E-state index contributed by atoms with van der Waals surface area (Å²) in [4.78, 5) is 7.43. The highest BCUT2D eigenvalue weighted by Crippen LogP contribution is 2.18. The SMILES string of the molecule is CSCCN1CCN(Cc2ccc(C(C)N(C)C)cc2)CC1. The lowest BCUT2D eigenvalue weighted by Gasteiger charge is -2.34. The van der Waals surface area contributed by atoms with Gasteiger partial charge in [-0.1, -0.05) is 24.3 Å². The largest absolute Gasteiger partial charge is 0.303 e. The zero-order chi connectivity index (χ0) is 15.9. The molecule has 1 unspecified atom stereocenters. The van der Waals surface area contributed by atoms with E-state index < -0.39 is 0 Å². The summed E-state index contributed by atoms with van der Waals surface area (Å²) in [6, 6.07) is 9.66. The Morgan fingerprint density at radius 1 is 1.05 bits per heavy atom. The van der Waals surface area contributed by atoms with Crippen molar-refractivity contribution < 1.29 is 0 Å². The minimum absolute atomic E-state index is 0.481. The number of thioether (sulfide) groups is 1. The van der Waals surface area contributed by atoms with Crippen LogP contribution in [0.5, 0.6) is 0 Å². The van der Waals surface area contributed by atoms with Gasteiger partial charge in [-0.2, -0.15) is 11.8 Å². The number of hydrogen-bond donors (Lipinski definition) is 0. The Morgan fingerprint density at radius 2 is 1.64 bits per heavy atom. The number of piperazine rings is 1. The second kappa shape index (κ2) is 8.92. The van der Waals surface area contributed by atoms with Gasteiger partial charge in [-0.15, -0.1) is 0 Å². The molecule has 2 rings (SSSR count). The third-order valence-corrected chi connectivity index (χ3v) is 5.31. The first kappa shape index (κ1) is 17.8. The van der Waals surface area contributed by atoms with Gasteiger partial charge in [-0.25, -0.2) is 0 Å². The molecule has 0 radical (unpaired) electrons. The van der Waals surface area contributed by atoms with Crippen LogP contribution >= 0.6 is 11.8 Å². The average Bonchev–Trinajstić information content (AvgIpc) is 2.54. The summed E-state index contributed by atoms with van der Waals surface area (Å²) in [6.07, 6.45) is 2.19. The second-order valence-corrected chi connectivity index (χ2v) is 7.48. The third-order valence-electron chi connectivity index (χ3n) is 4.72. The molecule has 0 spiro atoms. The van der Waals surface area contributed by atoms with Crippen LogP contribution in [0.4, 0.5) is 0 Å². The van der Waals surface area contributed by atoms with E-state index >= 15 is 0 Å². The van der Waals surface area contributed by atoms with Gasteiger partial charge in [0.1, 0.15) is 0 Å². The van der Waals surface area contributed by atoms with Gasteiger partial charge in [-0.05, 0) is 38.4 Å². The zero-order valence-corrected chi connectivity index (χ0v) is 15.4. The Bertz CT molecular complexity index is 424. The summed E-state index contributed by atoms with van der Waals surface area (Å²) >= 11 is 1.95.